The Kier molecular flexibility index (Phi) is 6.89. The van der Waals surface area contributed by atoms with Crippen LogP contribution >= 0.6 is 0 Å². The van der Waals surface area contributed by atoms with Crippen LogP contribution in [-0.2, 0) is 16.1 Å². The number of nitrogens with zero attached hydrogens (tertiary/aromatic N) is 6. The Labute approximate surface area is 190 Å². The zero-order valence-corrected chi connectivity index (χ0v) is 18.0. The minimum Gasteiger partial charge on any atom is -0.481 e. The Morgan fingerprint density at radius 3 is 2.42 bits per heavy atom. The summed E-state index contributed by atoms with van der Waals surface area (Å²) in [5.41, 5.74) is 0.698. The predicted molar refractivity (Wildman–Crippen MR) is 121 cm³/mol. The van der Waals surface area contributed by atoms with Crippen LogP contribution in [0.4, 0.5) is 11.8 Å². The van der Waals surface area contributed by atoms with E-state index in [-0.39, 0.29) is 12.8 Å². The van der Waals surface area contributed by atoms with Crippen molar-refractivity contribution in [2.75, 3.05) is 36.4 Å². The summed E-state index contributed by atoms with van der Waals surface area (Å²) in [5, 5.41) is 22.1. The van der Waals surface area contributed by atoms with Gasteiger partial charge in [-0.25, -0.2) is 24.7 Å². The molecular formula is C22H25N7O4. The Morgan fingerprint density at radius 2 is 1.73 bits per heavy atom. The molecule has 1 fully saturated rings. The van der Waals surface area contributed by atoms with Crippen LogP contribution in [0.25, 0.3) is 10.9 Å². The summed E-state index contributed by atoms with van der Waals surface area (Å²) in [5.74, 6) is -0.490. The maximum Gasteiger partial charge on any atom is 0.326 e. The fourth-order valence-electron chi connectivity index (χ4n) is 3.76. The lowest BCUT2D eigenvalue weighted by Gasteiger charge is -2.34. The lowest BCUT2D eigenvalue weighted by atomic mass is 10.1. The molecule has 0 spiro atoms. The van der Waals surface area contributed by atoms with Crippen LogP contribution < -0.4 is 10.2 Å². The molecule has 11 heteroatoms. The van der Waals surface area contributed by atoms with Crippen molar-refractivity contribution >= 4 is 34.6 Å². The Morgan fingerprint density at radius 1 is 1.00 bits per heavy atom. The van der Waals surface area contributed by atoms with Gasteiger partial charge in [-0.3, -0.25) is 9.69 Å². The summed E-state index contributed by atoms with van der Waals surface area (Å²) in [6, 6.07) is 8.08. The number of carbonyl (C=O) groups is 2. The molecule has 1 unspecified atom stereocenters. The van der Waals surface area contributed by atoms with Crippen molar-refractivity contribution in [2.45, 2.75) is 25.4 Å². The van der Waals surface area contributed by atoms with E-state index in [1.807, 2.05) is 24.3 Å². The number of para-hydroxylation sites is 1. The maximum atomic E-state index is 11.7. The van der Waals surface area contributed by atoms with Crippen molar-refractivity contribution in [1.29, 1.82) is 0 Å². The van der Waals surface area contributed by atoms with Crippen LogP contribution in [-0.4, -0.2) is 79.2 Å². The molecule has 1 atom stereocenters. The van der Waals surface area contributed by atoms with Gasteiger partial charge in [-0.1, -0.05) is 12.1 Å². The number of hydrogen-bond acceptors (Lipinski definition) is 9. The zero-order valence-electron chi connectivity index (χ0n) is 18.0. The smallest absolute Gasteiger partial charge is 0.326 e. The van der Waals surface area contributed by atoms with Crippen molar-refractivity contribution in [2.24, 2.45) is 0 Å². The summed E-state index contributed by atoms with van der Waals surface area (Å²) >= 11 is 0. The second-order valence-electron chi connectivity index (χ2n) is 7.79. The zero-order chi connectivity index (χ0) is 23.2. The SMILES string of the molecule is O=C(O)CCC(Nc1nc(CN2CCN(c3ncccn3)CC2)nc2ccccc12)C(=O)O. The lowest BCUT2D eigenvalue weighted by Crippen LogP contribution is -2.46. The van der Waals surface area contributed by atoms with E-state index >= 15 is 0 Å². The van der Waals surface area contributed by atoms with Crippen LogP contribution in [0.1, 0.15) is 18.7 Å². The molecule has 3 heterocycles. The van der Waals surface area contributed by atoms with Gasteiger partial charge in [0.15, 0.2) is 0 Å². The van der Waals surface area contributed by atoms with Crippen LogP contribution in [0.2, 0.25) is 0 Å². The number of fused-ring (bicyclic) bond motifs is 1. The molecule has 1 aliphatic rings. The number of carboxylic acids is 2. The molecule has 11 nitrogen and oxygen atoms in total. The predicted octanol–water partition coefficient (Wildman–Crippen LogP) is 1.47. The highest BCUT2D eigenvalue weighted by molar-refractivity contribution is 5.91. The van der Waals surface area contributed by atoms with Crippen LogP contribution in [0, 0.1) is 0 Å². The van der Waals surface area contributed by atoms with Gasteiger partial charge >= 0.3 is 11.9 Å². The first kappa shape index (κ1) is 22.3. The fraction of sp³-hybridized carbons (Fsp3) is 0.364. The van der Waals surface area contributed by atoms with Gasteiger partial charge in [0.05, 0.1) is 12.1 Å². The van der Waals surface area contributed by atoms with Gasteiger partial charge in [-0.2, -0.15) is 0 Å². The molecule has 0 amide bonds. The summed E-state index contributed by atoms with van der Waals surface area (Å²) < 4.78 is 0. The molecule has 1 aromatic carbocycles. The number of benzene rings is 1. The quantitative estimate of drug-likeness (QED) is 0.435. The minimum atomic E-state index is -1.13. The third kappa shape index (κ3) is 5.69. The Bertz CT molecular complexity index is 1120. The highest BCUT2D eigenvalue weighted by Crippen LogP contribution is 2.22. The van der Waals surface area contributed by atoms with Crippen molar-refractivity contribution in [1.82, 2.24) is 24.8 Å². The second-order valence-corrected chi connectivity index (χ2v) is 7.79. The average molecular weight is 451 g/mol. The number of hydrogen-bond donors (Lipinski definition) is 3. The number of piperazine rings is 1. The fourth-order valence-corrected chi connectivity index (χ4v) is 3.76. The van der Waals surface area contributed by atoms with Gasteiger partial charge in [0.2, 0.25) is 5.95 Å². The molecule has 2 aromatic heterocycles. The Hall–Kier alpha value is -3.86. The van der Waals surface area contributed by atoms with Gasteiger partial charge in [0.1, 0.15) is 17.7 Å². The van der Waals surface area contributed by atoms with Crippen molar-refractivity contribution in [3.8, 4) is 0 Å². The van der Waals surface area contributed by atoms with Crippen LogP contribution in [0.15, 0.2) is 42.7 Å². The number of aliphatic carboxylic acids is 2. The molecule has 0 saturated carbocycles. The number of rotatable bonds is 9. The van der Waals surface area contributed by atoms with E-state index in [0.717, 1.165) is 26.2 Å². The van der Waals surface area contributed by atoms with E-state index in [1.165, 1.54) is 0 Å². The van der Waals surface area contributed by atoms with Crippen molar-refractivity contribution in [3.63, 3.8) is 0 Å². The molecule has 172 valence electrons. The third-order valence-corrected chi connectivity index (χ3v) is 5.48. The molecule has 4 rings (SSSR count). The molecule has 33 heavy (non-hydrogen) atoms. The van der Waals surface area contributed by atoms with Gasteiger partial charge in [0, 0.05) is 50.4 Å². The van der Waals surface area contributed by atoms with E-state index in [1.54, 1.807) is 18.5 Å². The minimum absolute atomic E-state index is 0.0537. The number of aromatic nitrogens is 4. The summed E-state index contributed by atoms with van der Waals surface area (Å²) in [7, 11) is 0. The number of carboxylic acid groups (broad SMARTS) is 2. The summed E-state index contributed by atoms with van der Waals surface area (Å²) in [6.07, 6.45) is 3.15. The molecule has 0 bridgehead atoms. The van der Waals surface area contributed by atoms with E-state index in [2.05, 4.69) is 35.1 Å². The van der Waals surface area contributed by atoms with E-state index < -0.39 is 18.0 Å². The monoisotopic (exact) mass is 451 g/mol. The summed E-state index contributed by atoms with van der Waals surface area (Å²) in [6.45, 7) is 3.63. The standard InChI is InChI=1S/C22H25N7O4/c30-19(31)7-6-17(21(32)33)26-20-15-4-1-2-5-16(15)25-18(27-20)14-28-10-12-29(13-11-28)22-23-8-3-9-24-22/h1-5,8-9,17H,6-7,10-14H2,(H,30,31)(H,32,33)(H,25,26,27). The van der Waals surface area contributed by atoms with Crippen LogP contribution in [0.5, 0.6) is 0 Å². The first-order valence-corrected chi connectivity index (χ1v) is 10.7. The number of anilines is 2. The molecule has 3 N–H and O–H groups in total. The van der Waals surface area contributed by atoms with Crippen molar-refractivity contribution in [3.05, 3.63) is 48.5 Å². The average Bonchev–Trinajstić information content (AvgIpc) is 2.82. The first-order chi connectivity index (χ1) is 16.0. The molecular weight excluding hydrogens is 426 g/mol. The van der Waals surface area contributed by atoms with Gasteiger partial charge < -0.3 is 20.4 Å². The van der Waals surface area contributed by atoms with E-state index in [9.17, 15) is 14.7 Å². The number of nitrogens with one attached hydrogen (secondary N) is 1. The van der Waals surface area contributed by atoms with E-state index in [4.69, 9.17) is 5.11 Å². The van der Waals surface area contributed by atoms with E-state index in [0.29, 0.717) is 35.0 Å². The largest absolute Gasteiger partial charge is 0.481 e. The third-order valence-electron chi connectivity index (χ3n) is 5.48. The van der Waals surface area contributed by atoms with Gasteiger partial charge in [-0.05, 0) is 24.6 Å². The topological polar surface area (TPSA) is 145 Å². The first-order valence-electron chi connectivity index (χ1n) is 10.7. The van der Waals surface area contributed by atoms with Gasteiger partial charge in [-0.15, -0.1) is 0 Å². The molecule has 1 aliphatic heterocycles. The molecule has 0 aliphatic carbocycles. The van der Waals surface area contributed by atoms with Gasteiger partial charge in [0.25, 0.3) is 0 Å². The highest BCUT2D eigenvalue weighted by Gasteiger charge is 2.23. The normalized spacial score (nSPS) is 15.3. The molecule has 3 aromatic rings. The second kappa shape index (κ2) is 10.2. The lowest BCUT2D eigenvalue weighted by molar-refractivity contribution is -0.139. The Balaban J connectivity index is 1.49. The highest BCUT2D eigenvalue weighted by atomic mass is 16.4. The molecule has 0 radical (unpaired) electrons. The van der Waals surface area contributed by atoms with Crippen molar-refractivity contribution < 1.29 is 19.8 Å². The summed E-state index contributed by atoms with van der Waals surface area (Å²) in [4.78, 5) is 44.8. The van der Waals surface area contributed by atoms with Crippen LogP contribution in [0.3, 0.4) is 0 Å². The maximum absolute atomic E-state index is 11.7. The molecule has 1 saturated heterocycles.